The Labute approximate surface area is 133 Å². The molecule has 1 aromatic heterocycles. The molecule has 2 N–H and O–H groups in total. The number of sulfonamides is 1. The Morgan fingerprint density at radius 1 is 1.26 bits per heavy atom. The van der Waals surface area contributed by atoms with Crippen molar-refractivity contribution in [3.63, 3.8) is 0 Å². The van der Waals surface area contributed by atoms with Crippen molar-refractivity contribution in [2.24, 2.45) is 0 Å². The normalized spacial score (nSPS) is 11.2. The van der Waals surface area contributed by atoms with Gasteiger partial charge in [-0.1, -0.05) is 6.07 Å². The summed E-state index contributed by atoms with van der Waals surface area (Å²) in [6, 6.07) is 6.61. The Bertz CT molecular complexity index is 810. The number of nitro groups is 1. The highest BCUT2D eigenvalue weighted by molar-refractivity contribution is 7.89. The molecule has 0 bridgehead atoms. The highest BCUT2D eigenvalue weighted by atomic mass is 32.2. The van der Waals surface area contributed by atoms with Crippen LogP contribution in [-0.2, 0) is 10.0 Å². The minimum atomic E-state index is -3.81. The molecule has 2 rings (SSSR count). The molecular formula is C13H15N5O4S. The van der Waals surface area contributed by atoms with E-state index in [0.717, 1.165) is 11.8 Å². The largest absolute Gasteiger partial charge is 0.353 e. The summed E-state index contributed by atoms with van der Waals surface area (Å²) in [5.74, 6) is 0.402. The molecule has 9 nitrogen and oxygen atoms in total. The lowest BCUT2D eigenvalue weighted by molar-refractivity contribution is -0.385. The number of nitrogens with one attached hydrogen (secondary N) is 2. The van der Waals surface area contributed by atoms with Crippen LogP contribution in [0.4, 0.5) is 11.6 Å². The summed E-state index contributed by atoms with van der Waals surface area (Å²) >= 11 is 0. The maximum atomic E-state index is 12.1. The van der Waals surface area contributed by atoms with Crippen LogP contribution in [0.5, 0.6) is 0 Å². The van der Waals surface area contributed by atoms with E-state index in [4.69, 9.17) is 0 Å². The molecule has 23 heavy (non-hydrogen) atoms. The third-order valence-corrected chi connectivity index (χ3v) is 4.29. The zero-order valence-corrected chi connectivity index (χ0v) is 13.1. The Balaban J connectivity index is 1.94. The van der Waals surface area contributed by atoms with Crippen molar-refractivity contribution < 1.29 is 13.3 Å². The third kappa shape index (κ3) is 4.69. The zero-order valence-electron chi connectivity index (χ0n) is 12.3. The summed E-state index contributed by atoms with van der Waals surface area (Å²) < 4.78 is 26.5. The number of hydrogen-bond donors (Lipinski definition) is 2. The molecule has 0 aliphatic rings. The van der Waals surface area contributed by atoms with E-state index in [0.29, 0.717) is 5.95 Å². The van der Waals surface area contributed by atoms with Gasteiger partial charge in [-0.3, -0.25) is 10.1 Å². The molecule has 0 saturated carbocycles. The Morgan fingerprint density at radius 3 is 2.74 bits per heavy atom. The topological polar surface area (TPSA) is 127 Å². The first-order chi connectivity index (χ1) is 10.9. The minimum absolute atomic E-state index is 0.0856. The summed E-state index contributed by atoms with van der Waals surface area (Å²) in [6.45, 7) is 2.18. The number of rotatable bonds is 7. The van der Waals surface area contributed by atoms with Gasteiger partial charge in [0, 0.05) is 37.1 Å². The van der Waals surface area contributed by atoms with E-state index in [1.165, 1.54) is 18.2 Å². The Kier molecular flexibility index (Phi) is 5.19. The molecule has 2 aromatic rings. The van der Waals surface area contributed by atoms with Crippen LogP contribution in [0.3, 0.4) is 0 Å². The summed E-state index contributed by atoms with van der Waals surface area (Å²) in [5, 5.41) is 13.6. The van der Waals surface area contributed by atoms with Crippen molar-refractivity contribution in [1.82, 2.24) is 14.7 Å². The Hall–Kier alpha value is -2.59. The average molecular weight is 337 g/mol. The second-order valence-electron chi connectivity index (χ2n) is 4.60. The first-order valence-electron chi connectivity index (χ1n) is 6.66. The van der Waals surface area contributed by atoms with Gasteiger partial charge in [-0.25, -0.2) is 23.1 Å². The van der Waals surface area contributed by atoms with E-state index < -0.39 is 14.9 Å². The minimum Gasteiger partial charge on any atom is -0.353 e. The Morgan fingerprint density at radius 2 is 2.04 bits per heavy atom. The number of aromatic nitrogens is 2. The number of hydrogen-bond acceptors (Lipinski definition) is 7. The molecular weight excluding hydrogens is 322 g/mol. The van der Waals surface area contributed by atoms with Gasteiger partial charge in [0.1, 0.15) is 0 Å². The lowest BCUT2D eigenvalue weighted by Gasteiger charge is -2.08. The fourth-order valence-electron chi connectivity index (χ4n) is 1.74. The van der Waals surface area contributed by atoms with Crippen LogP contribution < -0.4 is 10.0 Å². The van der Waals surface area contributed by atoms with Crippen molar-refractivity contribution in [3.8, 4) is 0 Å². The number of nitro benzene ring substituents is 1. The maximum absolute atomic E-state index is 12.1. The van der Waals surface area contributed by atoms with Gasteiger partial charge in [0.25, 0.3) is 5.69 Å². The van der Waals surface area contributed by atoms with Gasteiger partial charge >= 0.3 is 0 Å². The molecule has 0 aliphatic heterocycles. The summed E-state index contributed by atoms with van der Waals surface area (Å²) in [6.07, 6.45) is 1.60. The summed E-state index contributed by atoms with van der Waals surface area (Å²) in [5.41, 5.74) is 0.513. The van der Waals surface area contributed by atoms with Gasteiger partial charge in [-0.2, -0.15) is 0 Å². The van der Waals surface area contributed by atoms with Gasteiger partial charge in [0.2, 0.25) is 16.0 Å². The number of aryl methyl sites for hydroxylation is 1. The van der Waals surface area contributed by atoms with E-state index in [2.05, 4.69) is 20.0 Å². The van der Waals surface area contributed by atoms with Crippen molar-refractivity contribution in [2.45, 2.75) is 11.8 Å². The number of non-ortho nitro benzene ring substituents is 1. The standard InChI is InChI=1S/C13H15N5O4S/c1-10-5-6-14-13(17-10)15-7-8-16-23(21,22)12-4-2-3-11(9-12)18(19)20/h2-6,9,16H,7-8H2,1H3,(H,14,15,17). The SMILES string of the molecule is Cc1ccnc(NCCNS(=O)(=O)c2cccc([N+](=O)[O-])c2)n1. The molecule has 0 saturated heterocycles. The van der Waals surface area contributed by atoms with Crippen molar-refractivity contribution in [3.05, 3.63) is 52.3 Å². The molecule has 1 heterocycles. The molecule has 0 amide bonds. The lowest BCUT2D eigenvalue weighted by atomic mass is 10.3. The predicted molar refractivity (Wildman–Crippen MR) is 83.5 cm³/mol. The van der Waals surface area contributed by atoms with E-state index >= 15 is 0 Å². The monoisotopic (exact) mass is 337 g/mol. The highest BCUT2D eigenvalue weighted by Gasteiger charge is 2.16. The smallest absolute Gasteiger partial charge is 0.270 e. The van der Waals surface area contributed by atoms with Crippen LogP contribution in [0.25, 0.3) is 0 Å². The zero-order chi connectivity index (χ0) is 16.9. The van der Waals surface area contributed by atoms with Gasteiger partial charge in [0.15, 0.2) is 0 Å². The summed E-state index contributed by atoms with van der Waals surface area (Å²) in [4.78, 5) is 18.0. The molecule has 0 atom stereocenters. The molecule has 122 valence electrons. The van der Waals surface area contributed by atoms with E-state index in [1.54, 1.807) is 12.3 Å². The molecule has 10 heteroatoms. The fourth-order valence-corrected chi connectivity index (χ4v) is 2.81. The highest BCUT2D eigenvalue weighted by Crippen LogP contribution is 2.16. The molecule has 0 radical (unpaired) electrons. The van der Waals surface area contributed by atoms with Crippen LogP contribution in [0.1, 0.15) is 5.69 Å². The van der Waals surface area contributed by atoms with Crippen LogP contribution in [0, 0.1) is 17.0 Å². The maximum Gasteiger partial charge on any atom is 0.270 e. The van der Waals surface area contributed by atoms with Crippen LogP contribution in [0.2, 0.25) is 0 Å². The molecule has 0 spiro atoms. The molecule has 1 aromatic carbocycles. The van der Waals surface area contributed by atoms with Gasteiger partial charge in [-0.05, 0) is 19.1 Å². The fraction of sp³-hybridized carbons (Fsp3) is 0.231. The third-order valence-electron chi connectivity index (χ3n) is 2.83. The molecule has 0 fully saturated rings. The van der Waals surface area contributed by atoms with Crippen molar-refractivity contribution >= 4 is 21.7 Å². The first kappa shape index (κ1) is 16.8. The molecule has 0 unspecified atom stereocenters. The van der Waals surface area contributed by atoms with Crippen LogP contribution in [0.15, 0.2) is 41.4 Å². The lowest BCUT2D eigenvalue weighted by Crippen LogP contribution is -2.29. The number of nitrogens with zero attached hydrogens (tertiary/aromatic N) is 3. The van der Waals surface area contributed by atoms with Crippen LogP contribution in [-0.4, -0.2) is 36.4 Å². The second kappa shape index (κ2) is 7.11. The number of anilines is 1. The quantitative estimate of drug-likeness (QED) is 0.439. The van der Waals surface area contributed by atoms with Crippen molar-refractivity contribution in [1.29, 1.82) is 0 Å². The van der Waals surface area contributed by atoms with Gasteiger partial charge in [0.05, 0.1) is 9.82 Å². The average Bonchev–Trinajstić information content (AvgIpc) is 2.52. The summed E-state index contributed by atoms with van der Waals surface area (Å²) in [7, 11) is -3.81. The molecule has 0 aliphatic carbocycles. The van der Waals surface area contributed by atoms with Gasteiger partial charge < -0.3 is 5.32 Å². The van der Waals surface area contributed by atoms with Gasteiger partial charge in [-0.15, -0.1) is 0 Å². The van der Waals surface area contributed by atoms with Crippen molar-refractivity contribution in [2.75, 3.05) is 18.4 Å². The first-order valence-corrected chi connectivity index (χ1v) is 8.14. The number of benzene rings is 1. The van der Waals surface area contributed by atoms with Crippen LogP contribution >= 0.6 is 0 Å². The predicted octanol–water partition coefficient (Wildman–Crippen LogP) is 1.08. The van der Waals surface area contributed by atoms with E-state index in [9.17, 15) is 18.5 Å². The van der Waals surface area contributed by atoms with E-state index in [1.807, 2.05) is 6.92 Å². The van der Waals surface area contributed by atoms with E-state index in [-0.39, 0.29) is 23.7 Å². The second-order valence-corrected chi connectivity index (χ2v) is 6.37.